The van der Waals surface area contributed by atoms with Gasteiger partial charge in [0.05, 0.1) is 12.2 Å². The molecule has 0 spiro atoms. The molecule has 0 aliphatic carbocycles. The first kappa shape index (κ1) is 16.9. The van der Waals surface area contributed by atoms with Crippen molar-refractivity contribution < 1.29 is 18.4 Å². The number of hydrogen-bond donors (Lipinski definition) is 3. The largest absolute Gasteiger partial charge is 0.354 e. The predicted molar refractivity (Wildman–Crippen MR) is 84.9 cm³/mol. The Balaban J connectivity index is 1.58. The summed E-state index contributed by atoms with van der Waals surface area (Å²) in [5, 5.41) is 11.9. The SMILES string of the molecule is O=C(NCc1ccn(-c2c(F)cccc2F)n1)N[C@@H]1CCCNC1=O. The van der Waals surface area contributed by atoms with Crippen molar-refractivity contribution in [2.75, 3.05) is 6.54 Å². The van der Waals surface area contributed by atoms with Gasteiger partial charge in [0.25, 0.3) is 0 Å². The lowest BCUT2D eigenvalue weighted by molar-refractivity contribution is -0.124. The van der Waals surface area contributed by atoms with Crippen LogP contribution in [0.3, 0.4) is 0 Å². The third kappa shape index (κ3) is 3.93. The van der Waals surface area contributed by atoms with E-state index >= 15 is 0 Å². The molecule has 132 valence electrons. The predicted octanol–water partition coefficient (Wildman–Crippen LogP) is 1.23. The van der Waals surface area contributed by atoms with E-state index in [0.717, 1.165) is 23.2 Å². The zero-order valence-electron chi connectivity index (χ0n) is 13.3. The van der Waals surface area contributed by atoms with Crippen molar-refractivity contribution in [3.05, 3.63) is 47.8 Å². The molecule has 0 bridgehead atoms. The van der Waals surface area contributed by atoms with Crippen molar-refractivity contribution in [3.63, 3.8) is 0 Å². The molecule has 25 heavy (non-hydrogen) atoms. The van der Waals surface area contributed by atoms with E-state index in [1.807, 2.05) is 0 Å². The Morgan fingerprint density at radius 1 is 1.32 bits per heavy atom. The first-order valence-corrected chi connectivity index (χ1v) is 7.85. The van der Waals surface area contributed by atoms with Crippen molar-refractivity contribution in [3.8, 4) is 5.69 Å². The quantitative estimate of drug-likeness (QED) is 0.776. The third-order valence-corrected chi connectivity index (χ3v) is 3.83. The molecule has 1 aromatic carbocycles. The van der Waals surface area contributed by atoms with Gasteiger partial charge in [-0.2, -0.15) is 5.10 Å². The second-order valence-electron chi connectivity index (χ2n) is 5.63. The number of urea groups is 1. The minimum atomic E-state index is -0.733. The highest BCUT2D eigenvalue weighted by atomic mass is 19.1. The van der Waals surface area contributed by atoms with Crippen LogP contribution in [0.4, 0.5) is 13.6 Å². The van der Waals surface area contributed by atoms with Gasteiger partial charge in [0, 0.05) is 12.7 Å². The van der Waals surface area contributed by atoms with Gasteiger partial charge in [-0.05, 0) is 31.0 Å². The molecule has 2 aromatic rings. The Morgan fingerprint density at radius 2 is 2.08 bits per heavy atom. The highest BCUT2D eigenvalue weighted by Gasteiger charge is 2.23. The van der Waals surface area contributed by atoms with E-state index in [4.69, 9.17) is 0 Å². The molecule has 1 fully saturated rings. The molecule has 1 aliphatic heterocycles. The fourth-order valence-electron chi connectivity index (χ4n) is 2.58. The average molecular weight is 349 g/mol. The molecule has 9 heteroatoms. The summed E-state index contributed by atoms with van der Waals surface area (Å²) in [7, 11) is 0. The van der Waals surface area contributed by atoms with Crippen molar-refractivity contribution >= 4 is 11.9 Å². The molecule has 1 aromatic heterocycles. The number of rotatable bonds is 4. The van der Waals surface area contributed by atoms with Crippen LogP contribution in [0.25, 0.3) is 5.69 Å². The number of para-hydroxylation sites is 1. The number of hydrogen-bond acceptors (Lipinski definition) is 3. The van der Waals surface area contributed by atoms with Gasteiger partial charge in [-0.15, -0.1) is 0 Å². The van der Waals surface area contributed by atoms with Crippen molar-refractivity contribution in [2.45, 2.75) is 25.4 Å². The summed E-state index contributed by atoms with van der Waals surface area (Å²) in [6.45, 7) is 0.673. The molecular weight excluding hydrogens is 332 g/mol. The molecule has 3 rings (SSSR count). The van der Waals surface area contributed by atoms with Crippen molar-refractivity contribution in [1.82, 2.24) is 25.7 Å². The van der Waals surface area contributed by atoms with E-state index in [9.17, 15) is 18.4 Å². The fraction of sp³-hybridized carbons (Fsp3) is 0.312. The lowest BCUT2D eigenvalue weighted by atomic mass is 10.1. The topological polar surface area (TPSA) is 88.1 Å². The van der Waals surface area contributed by atoms with Gasteiger partial charge in [-0.25, -0.2) is 18.3 Å². The molecule has 3 amide bonds. The molecule has 1 atom stereocenters. The number of nitrogens with zero attached hydrogens (tertiary/aromatic N) is 2. The van der Waals surface area contributed by atoms with Crippen LogP contribution in [0.15, 0.2) is 30.5 Å². The molecule has 7 nitrogen and oxygen atoms in total. The first-order valence-electron chi connectivity index (χ1n) is 7.85. The number of aromatic nitrogens is 2. The standard InChI is InChI=1S/C16H17F2N5O2/c17-11-3-1-4-12(18)14(11)23-8-6-10(22-23)9-20-16(25)21-13-5-2-7-19-15(13)24/h1,3-4,6,8,13H,2,5,7,9H2,(H,19,24)(H2,20,21,25)/t13-/m1/s1. The van der Waals surface area contributed by atoms with Crippen LogP contribution in [0.1, 0.15) is 18.5 Å². The molecule has 2 heterocycles. The highest BCUT2D eigenvalue weighted by molar-refractivity contribution is 5.87. The number of piperidine rings is 1. The lowest BCUT2D eigenvalue weighted by Gasteiger charge is -2.22. The molecule has 0 saturated carbocycles. The summed E-state index contributed by atoms with van der Waals surface area (Å²) in [6, 6.07) is 4.03. The van der Waals surface area contributed by atoms with E-state index in [0.29, 0.717) is 18.7 Å². The first-order chi connectivity index (χ1) is 12.0. The molecular formula is C16H17F2N5O2. The smallest absolute Gasteiger partial charge is 0.315 e. The van der Waals surface area contributed by atoms with Gasteiger partial charge in [0.1, 0.15) is 11.7 Å². The molecule has 0 unspecified atom stereocenters. The lowest BCUT2D eigenvalue weighted by Crippen LogP contribution is -2.52. The van der Waals surface area contributed by atoms with Gasteiger partial charge in [-0.1, -0.05) is 6.07 Å². The Morgan fingerprint density at radius 3 is 2.80 bits per heavy atom. The Labute approximate surface area is 142 Å². The van der Waals surface area contributed by atoms with Crippen LogP contribution in [0.2, 0.25) is 0 Å². The second-order valence-corrected chi connectivity index (χ2v) is 5.63. The normalized spacial score (nSPS) is 17.0. The van der Waals surface area contributed by atoms with Crippen molar-refractivity contribution in [2.24, 2.45) is 0 Å². The van der Waals surface area contributed by atoms with Gasteiger partial charge >= 0.3 is 6.03 Å². The van der Waals surface area contributed by atoms with Gasteiger partial charge < -0.3 is 16.0 Å². The van der Waals surface area contributed by atoms with E-state index < -0.39 is 23.7 Å². The Bertz CT molecular complexity index is 772. The summed E-state index contributed by atoms with van der Waals surface area (Å²) in [5.74, 6) is -1.67. The van der Waals surface area contributed by atoms with Crippen LogP contribution < -0.4 is 16.0 Å². The summed E-state index contributed by atoms with van der Waals surface area (Å²) >= 11 is 0. The summed E-state index contributed by atoms with van der Waals surface area (Å²) in [5.41, 5.74) is 0.142. The summed E-state index contributed by atoms with van der Waals surface area (Å²) < 4.78 is 28.6. The molecule has 1 saturated heterocycles. The van der Waals surface area contributed by atoms with Crippen LogP contribution in [-0.4, -0.2) is 34.3 Å². The zero-order chi connectivity index (χ0) is 17.8. The van der Waals surface area contributed by atoms with E-state index in [1.54, 1.807) is 6.07 Å². The maximum atomic E-state index is 13.7. The fourth-order valence-corrected chi connectivity index (χ4v) is 2.58. The second kappa shape index (κ2) is 7.29. The monoisotopic (exact) mass is 349 g/mol. The minimum Gasteiger partial charge on any atom is -0.354 e. The number of halogens is 2. The van der Waals surface area contributed by atoms with E-state index in [-0.39, 0.29) is 18.1 Å². The Kier molecular flexibility index (Phi) is 4.92. The maximum absolute atomic E-state index is 13.7. The van der Waals surface area contributed by atoms with E-state index in [1.165, 1.54) is 12.3 Å². The summed E-state index contributed by atoms with van der Waals surface area (Å²) in [4.78, 5) is 23.4. The average Bonchev–Trinajstić information content (AvgIpc) is 3.04. The number of nitrogens with one attached hydrogen (secondary N) is 3. The highest BCUT2D eigenvalue weighted by Crippen LogP contribution is 2.16. The number of carbonyl (C=O) groups is 2. The van der Waals surface area contributed by atoms with Crippen molar-refractivity contribution in [1.29, 1.82) is 0 Å². The van der Waals surface area contributed by atoms with Gasteiger partial charge in [-0.3, -0.25) is 4.79 Å². The number of carbonyl (C=O) groups excluding carboxylic acids is 2. The Hall–Kier alpha value is -2.97. The zero-order valence-corrected chi connectivity index (χ0v) is 13.3. The van der Waals surface area contributed by atoms with Crippen LogP contribution in [-0.2, 0) is 11.3 Å². The van der Waals surface area contributed by atoms with Crippen LogP contribution in [0.5, 0.6) is 0 Å². The van der Waals surface area contributed by atoms with Crippen LogP contribution >= 0.6 is 0 Å². The molecule has 3 N–H and O–H groups in total. The van der Waals surface area contributed by atoms with Gasteiger partial charge in [0.15, 0.2) is 11.6 Å². The summed E-state index contributed by atoms with van der Waals surface area (Å²) in [6.07, 6.45) is 2.79. The maximum Gasteiger partial charge on any atom is 0.315 e. The van der Waals surface area contributed by atoms with Gasteiger partial charge in [0.2, 0.25) is 5.91 Å². The third-order valence-electron chi connectivity index (χ3n) is 3.83. The molecule has 0 radical (unpaired) electrons. The number of amides is 3. The minimum absolute atomic E-state index is 0.0588. The van der Waals surface area contributed by atoms with E-state index in [2.05, 4.69) is 21.0 Å². The number of benzene rings is 1. The van der Waals surface area contributed by atoms with Crippen LogP contribution in [0, 0.1) is 11.6 Å². The molecule has 1 aliphatic rings.